The van der Waals surface area contributed by atoms with Gasteiger partial charge in [-0.25, -0.2) is 9.59 Å². The van der Waals surface area contributed by atoms with Crippen molar-refractivity contribution >= 4 is 23.5 Å². The molecule has 0 aliphatic carbocycles. The van der Waals surface area contributed by atoms with E-state index < -0.39 is 17.7 Å². The summed E-state index contributed by atoms with van der Waals surface area (Å²) in [5.74, 6) is -2.23. The van der Waals surface area contributed by atoms with Crippen LogP contribution in [0.25, 0.3) is 0 Å². The number of nitrogens with one attached hydrogen (secondary N) is 2. The molecule has 1 fully saturated rings. The van der Waals surface area contributed by atoms with Crippen LogP contribution in [-0.4, -0.2) is 36.8 Å². The second-order valence-corrected chi connectivity index (χ2v) is 5.74. The standard InChI is InChI=1S/C17H20N2O6/c1-11(20)18-8-9-23-13-6-4-12(5-7-13)19-10-14-15(21)24-17(2,3)25-16(14)22/h4-7,10,19H,8-9H2,1-3H3,(H,18,20). The maximum Gasteiger partial charge on any atom is 0.350 e. The molecule has 134 valence electrons. The Morgan fingerprint density at radius 3 is 2.32 bits per heavy atom. The van der Waals surface area contributed by atoms with Crippen LogP contribution in [0.1, 0.15) is 20.8 Å². The number of esters is 2. The summed E-state index contributed by atoms with van der Waals surface area (Å²) in [6.45, 7) is 5.18. The minimum absolute atomic E-state index is 0.112. The number of hydrogen-bond acceptors (Lipinski definition) is 7. The number of hydrogen-bond donors (Lipinski definition) is 2. The molecule has 0 saturated carbocycles. The summed E-state index contributed by atoms with van der Waals surface area (Å²) in [5.41, 5.74) is 0.433. The molecule has 8 heteroatoms. The Balaban J connectivity index is 1.90. The van der Waals surface area contributed by atoms with Gasteiger partial charge in [0.2, 0.25) is 5.91 Å². The maximum absolute atomic E-state index is 11.8. The molecule has 1 aromatic rings. The Kier molecular flexibility index (Phi) is 5.63. The zero-order chi connectivity index (χ0) is 18.4. The largest absolute Gasteiger partial charge is 0.492 e. The van der Waals surface area contributed by atoms with Crippen molar-refractivity contribution in [3.05, 3.63) is 36.0 Å². The van der Waals surface area contributed by atoms with Gasteiger partial charge in [-0.15, -0.1) is 0 Å². The number of anilines is 1. The fourth-order valence-electron chi connectivity index (χ4n) is 1.98. The summed E-state index contributed by atoms with van der Waals surface area (Å²) in [6.07, 6.45) is 1.24. The fraction of sp³-hybridized carbons (Fsp3) is 0.353. The average molecular weight is 348 g/mol. The molecule has 0 aromatic heterocycles. The van der Waals surface area contributed by atoms with Gasteiger partial charge in [0.05, 0.1) is 6.54 Å². The summed E-state index contributed by atoms with van der Waals surface area (Å²) < 4.78 is 15.4. The first kappa shape index (κ1) is 18.3. The number of carbonyl (C=O) groups is 3. The quantitative estimate of drug-likeness (QED) is 0.346. The molecule has 2 rings (SSSR count). The van der Waals surface area contributed by atoms with Crippen LogP contribution in [0.3, 0.4) is 0 Å². The Labute approximate surface area is 145 Å². The van der Waals surface area contributed by atoms with Gasteiger partial charge in [0, 0.05) is 32.7 Å². The summed E-state index contributed by atoms with van der Waals surface area (Å²) in [5, 5.41) is 5.46. The van der Waals surface area contributed by atoms with Crippen molar-refractivity contribution in [2.45, 2.75) is 26.6 Å². The second-order valence-electron chi connectivity index (χ2n) is 5.74. The molecule has 1 aromatic carbocycles. The van der Waals surface area contributed by atoms with Crippen molar-refractivity contribution in [2.75, 3.05) is 18.5 Å². The van der Waals surface area contributed by atoms with E-state index in [1.54, 1.807) is 24.3 Å². The normalized spacial score (nSPS) is 15.7. The summed E-state index contributed by atoms with van der Waals surface area (Å²) >= 11 is 0. The topological polar surface area (TPSA) is 103 Å². The molecule has 1 aliphatic rings. The Bertz CT molecular complexity index is 672. The molecule has 0 spiro atoms. The van der Waals surface area contributed by atoms with E-state index in [0.717, 1.165) is 0 Å². The van der Waals surface area contributed by atoms with E-state index >= 15 is 0 Å². The van der Waals surface area contributed by atoms with Crippen LogP contribution in [-0.2, 0) is 23.9 Å². The number of carbonyl (C=O) groups excluding carboxylic acids is 3. The third-order valence-corrected chi connectivity index (χ3v) is 3.10. The zero-order valence-corrected chi connectivity index (χ0v) is 14.3. The highest BCUT2D eigenvalue weighted by atomic mass is 16.7. The van der Waals surface area contributed by atoms with Crippen LogP contribution in [0.15, 0.2) is 36.0 Å². The first-order valence-electron chi connectivity index (χ1n) is 7.67. The molecule has 1 heterocycles. The summed E-state index contributed by atoms with van der Waals surface area (Å²) in [7, 11) is 0. The van der Waals surface area contributed by atoms with Gasteiger partial charge in [-0.1, -0.05) is 0 Å². The smallest absolute Gasteiger partial charge is 0.350 e. The third kappa shape index (κ3) is 5.52. The van der Waals surface area contributed by atoms with Crippen LogP contribution in [0.2, 0.25) is 0 Å². The lowest BCUT2D eigenvalue weighted by Crippen LogP contribution is -2.42. The number of rotatable bonds is 6. The molecular formula is C17H20N2O6. The highest BCUT2D eigenvalue weighted by molar-refractivity contribution is 6.15. The Hall–Kier alpha value is -3.03. The van der Waals surface area contributed by atoms with Crippen LogP contribution in [0.5, 0.6) is 5.75 Å². The van der Waals surface area contributed by atoms with Gasteiger partial charge >= 0.3 is 11.9 Å². The van der Waals surface area contributed by atoms with Gasteiger partial charge in [0.25, 0.3) is 5.79 Å². The fourth-order valence-corrected chi connectivity index (χ4v) is 1.98. The van der Waals surface area contributed by atoms with E-state index in [-0.39, 0.29) is 11.5 Å². The Morgan fingerprint density at radius 1 is 1.16 bits per heavy atom. The number of cyclic esters (lactones) is 2. The van der Waals surface area contributed by atoms with Crippen LogP contribution >= 0.6 is 0 Å². The molecule has 1 saturated heterocycles. The van der Waals surface area contributed by atoms with Crippen molar-refractivity contribution in [3.63, 3.8) is 0 Å². The van der Waals surface area contributed by atoms with E-state index in [4.69, 9.17) is 14.2 Å². The zero-order valence-electron chi connectivity index (χ0n) is 14.3. The average Bonchev–Trinajstić information content (AvgIpc) is 2.50. The molecular weight excluding hydrogens is 328 g/mol. The van der Waals surface area contributed by atoms with Gasteiger partial charge < -0.3 is 24.8 Å². The van der Waals surface area contributed by atoms with E-state index in [2.05, 4.69) is 10.6 Å². The number of benzene rings is 1. The van der Waals surface area contributed by atoms with Crippen molar-refractivity contribution < 1.29 is 28.6 Å². The number of amides is 1. The second kappa shape index (κ2) is 7.69. The van der Waals surface area contributed by atoms with E-state index in [1.807, 2.05) is 0 Å². The highest BCUT2D eigenvalue weighted by Crippen LogP contribution is 2.23. The van der Waals surface area contributed by atoms with Crippen LogP contribution in [0.4, 0.5) is 5.69 Å². The molecule has 0 radical (unpaired) electrons. The van der Waals surface area contributed by atoms with Crippen LogP contribution in [0, 0.1) is 0 Å². The predicted octanol–water partition coefficient (Wildman–Crippen LogP) is 1.33. The van der Waals surface area contributed by atoms with Crippen molar-refractivity contribution in [1.82, 2.24) is 5.32 Å². The lowest BCUT2D eigenvalue weighted by molar-refractivity contribution is -0.222. The molecule has 0 atom stereocenters. The van der Waals surface area contributed by atoms with Gasteiger partial charge in [-0.05, 0) is 24.3 Å². The van der Waals surface area contributed by atoms with Crippen molar-refractivity contribution in [3.8, 4) is 5.75 Å². The molecule has 0 bridgehead atoms. The SMILES string of the molecule is CC(=O)NCCOc1ccc(NC=C2C(=O)OC(C)(C)OC2=O)cc1. The lowest BCUT2D eigenvalue weighted by atomic mass is 10.2. The molecule has 2 N–H and O–H groups in total. The molecule has 25 heavy (non-hydrogen) atoms. The van der Waals surface area contributed by atoms with Crippen molar-refractivity contribution in [1.29, 1.82) is 0 Å². The molecule has 0 unspecified atom stereocenters. The number of ether oxygens (including phenoxy) is 3. The Morgan fingerprint density at radius 2 is 1.76 bits per heavy atom. The summed E-state index contributed by atoms with van der Waals surface area (Å²) in [6, 6.07) is 6.87. The first-order chi connectivity index (χ1) is 11.8. The minimum Gasteiger partial charge on any atom is -0.492 e. The van der Waals surface area contributed by atoms with Crippen molar-refractivity contribution in [2.24, 2.45) is 0 Å². The molecule has 1 amide bonds. The van der Waals surface area contributed by atoms with Gasteiger partial charge in [0.15, 0.2) is 5.57 Å². The van der Waals surface area contributed by atoms with Gasteiger partial charge in [0.1, 0.15) is 12.4 Å². The lowest BCUT2D eigenvalue weighted by Gasteiger charge is -2.29. The monoisotopic (exact) mass is 348 g/mol. The van der Waals surface area contributed by atoms with E-state index in [9.17, 15) is 14.4 Å². The minimum atomic E-state index is -1.26. The molecule has 1 aliphatic heterocycles. The summed E-state index contributed by atoms with van der Waals surface area (Å²) in [4.78, 5) is 34.4. The predicted molar refractivity (Wildman–Crippen MR) is 88.6 cm³/mol. The van der Waals surface area contributed by atoms with Gasteiger partial charge in [-0.3, -0.25) is 4.79 Å². The van der Waals surface area contributed by atoms with Crippen LogP contribution < -0.4 is 15.4 Å². The highest BCUT2D eigenvalue weighted by Gasteiger charge is 2.38. The third-order valence-electron chi connectivity index (χ3n) is 3.10. The van der Waals surface area contributed by atoms with E-state index in [1.165, 1.54) is 27.0 Å². The molecule has 8 nitrogen and oxygen atoms in total. The van der Waals surface area contributed by atoms with Gasteiger partial charge in [-0.2, -0.15) is 0 Å². The maximum atomic E-state index is 11.8. The first-order valence-corrected chi connectivity index (χ1v) is 7.67. The van der Waals surface area contributed by atoms with E-state index in [0.29, 0.717) is 24.6 Å².